The molecule has 0 radical (unpaired) electrons. The standard InChI is InChI=1S/C14H22N4O2/c1-2-15-6-7-17-14(19)12-4-3-5-16-13(12)18-8-10-20-11-9-18/h3-5,15H,2,6-11H2,1H3,(H,17,19). The Hall–Kier alpha value is -1.66. The third-order valence-corrected chi connectivity index (χ3v) is 3.18. The molecule has 1 aromatic rings. The summed E-state index contributed by atoms with van der Waals surface area (Å²) in [6.07, 6.45) is 1.72. The van der Waals surface area contributed by atoms with Gasteiger partial charge in [-0.25, -0.2) is 4.98 Å². The average Bonchev–Trinajstić information content (AvgIpc) is 2.52. The highest BCUT2D eigenvalue weighted by molar-refractivity contribution is 5.98. The van der Waals surface area contributed by atoms with Gasteiger partial charge in [-0.15, -0.1) is 0 Å². The second-order valence-corrected chi connectivity index (χ2v) is 4.58. The lowest BCUT2D eigenvalue weighted by atomic mass is 10.2. The van der Waals surface area contributed by atoms with Gasteiger partial charge < -0.3 is 20.3 Å². The summed E-state index contributed by atoms with van der Waals surface area (Å²) in [5, 5.41) is 6.09. The van der Waals surface area contributed by atoms with Crippen LogP contribution in [0.4, 0.5) is 5.82 Å². The molecule has 2 N–H and O–H groups in total. The van der Waals surface area contributed by atoms with Crippen molar-refractivity contribution in [1.29, 1.82) is 0 Å². The number of morpholine rings is 1. The van der Waals surface area contributed by atoms with Crippen molar-refractivity contribution in [2.45, 2.75) is 6.92 Å². The van der Waals surface area contributed by atoms with Crippen LogP contribution in [0.3, 0.4) is 0 Å². The molecule has 6 heteroatoms. The Bertz CT molecular complexity index is 433. The van der Waals surface area contributed by atoms with Crippen molar-refractivity contribution in [2.75, 3.05) is 50.8 Å². The molecular formula is C14H22N4O2. The van der Waals surface area contributed by atoms with Crippen LogP contribution in [-0.2, 0) is 4.74 Å². The van der Waals surface area contributed by atoms with Gasteiger partial charge in [-0.2, -0.15) is 0 Å². The number of rotatable bonds is 6. The van der Waals surface area contributed by atoms with E-state index in [1.807, 2.05) is 13.0 Å². The summed E-state index contributed by atoms with van der Waals surface area (Å²) in [5.74, 6) is 0.675. The summed E-state index contributed by atoms with van der Waals surface area (Å²) in [6.45, 7) is 7.24. The zero-order valence-electron chi connectivity index (χ0n) is 11.9. The van der Waals surface area contributed by atoms with Crippen LogP contribution in [-0.4, -0.2) is 56.8 Å². The molecule has 0 aromatic carbocycles. The van der Waals surface area contributed by atoms with Gasteiger partial charge in [0.1, 0.15) is 5.82 Å². The van der Waals surface area contributed by atoms with Gasteiger partial charge in [-0.3, -0.25) is 4.79 Å². The Labute approximate surface area is 119 Å². The number of carbonyl (C=O) groups excluding carboxylic acids is 1. The molecule has 0 saturated carbocycles. The minimum atomic E-state index is -0.0718. The first-order valence-corrected chi connectivity index (χ1v) is 7.09. The van der Waals surface area contributed by atoms with E-state index in [2.05, 4.69) is 20.5 Å². The van der Waals surface area contributed by atoms with Gasteiger partial charge in [-0.05, 0) is 18.7 Å². The van der Waals surface area contributed by atoms with E-state index in [0.29, 0.717) is 25.3 Å². The number of pyridine rings is 1. The average molecular weight is 278 g/mol. The SMILES string of the molecule is CCNCCNC(=O)c1cccnc1N1CCOCC1. The summed E-state index contributed by atoms with van der Waals surface area (Å²) in [4.78, 5) is 18.7. The van der Waals surface area contributed by atoms with Crippen molar-refractivity contribution in [1.82, 2.24) is 15.6 Å². The van der Waals surface area contributed by atoms with Crippen LogP contribution in [0.1, 0.15) is 17.3 Å². The smallest absolute Gasteiger partial charge is 0.255 e. The fourth-order valence-corrected chi connectivity index (χ4v) is 2.14. The maximum absolute atomic E-state index is 12.2. The molecule has 6 nitrogen and oxygen atoms in total. The number of nitrogens with zero attached hydrogens (tertiary/aromatic N) is 2. The predicted octanol–water partition coefficient (Wildman–Crippen LogP) is 0.258. The molecule has 1 amide bonds. The molecule has 20 heavy (non-hydrogen) atoms. The van der Waals surface area contributed by atoms with E-state index in [4.69, 9.17) is 4.74 Å². The first kappa shape index (κ1) is 14.7. The Kier molecular flexibility index (Phi) is 5.76. The number of likely N-dealkylation sites (N-methyl/N-ethyl adjacent to an activating group) is 1. The lowest BCUT2D eigenvalue weighted by Gasteiger charge is -2.29. The fraction of sp³-hybridized carbons (Fsp3) is 0.571. The third-order valence-electron chi connectivity index (χ3n) is 3.18. The van der Waals surface area contributed by atoms with Crippen LogP contribution in [0.5, 0.6) is 0 Å². The van der Waals surface area contributed by atoms with Crippen molar-refractivity contribution in [2.24, 2.45) is 0 Å². The van der Waals surface area contributed by atoms with Crippen molar-refractivity contribution >= 4 is 11.7 Å². The minimum Gasteiger partial charge on any atom is -0.378 e. The van der Waals surface area contributed by atoms with Crippen LogP contribution >= 0.6 is 0 Å². The van der Waals surface area contributed by atoms with Crippen LogP contribution in [0.2, 0.25) is 0 Å². The van der Waals surface area contributed by atoms with E-state index in [1.165, 1.54) is 0 Å². The van der Waals surface area contributed by atoms with Crippen LogP contribution in [0.25, 0.3) is 0 Å². The number of nitrogens with one attached hydrogen (secondary N) is 2. The zero-order valence-corrected chi connectivity index (χ0v) is 11.9. The molecule has 0 spiro atoms. The number of ether oxygens (including phenoxy) is 1. The molecule has 1 saturated heterocycles. The summed E-state index contributed by atoms with van der Waals surface area (Å²) in [7, 11) is 0. The molecular weight excluding hydrogens is 256 g/mol. The maximum Gasteiger partial charge on any atom is 0.255 e. The van der Waals surface area contributed by atoms with Crippen molar-refractivity contribution in [3.8, 4) is 0 Å². The Morgan fingerprint density at radius 2 is 2.20 bits per heavy atom. The first-order chi connectivity index (χ1) is 9.83. The summed E-state index contributed by atoms with van der Waals surface area (Å²) in [5.41, 5.74) is 0.630. The lowest BCUT2D eigenvalue weighted by Crippen LogP contribution is -2.39. The van der Waals surface area contributed by atoms with Gasteiger partial charge in [0.15, 0.2) is 0 Å². The van der Waals surface area contributed by atoms with Crippen molar-refractivity contribution in [3.05, 3.63) is 23.9 Å². The molecule has 0 aliphatic carbocycles. The molecule has 1 fully saturated rings. The van der Waals surface area contributed by atoms with Gasteiger partial charge in [0.25, 0.3) is 5.91 Å². The second-order valence-electron chi connectivity index (χ2n) is 4.58. The van der Waals surface area contributed by atoms with Gasteiger partial charge >= 0.3 is 0 Å². The zero-order chi connectivity index (χ0) is 14.2. The van der Waals surface area contributed by atoms with E-state index in [0.717, 1.165) is 32.0 Å². The quantitative estimate of drug-likeness (QED) is 0.731. The fourth-order valence-electron chi connectivity index (χ4n) is 2.14. The highest BCUT2D eigenvalue weighted by Crippen LogP contribution is 2.18. The third kappa shape index (κ3) is 3.91. The van der Waals surface area contributed by atoms with E-state index < -0.39 is 0 Å². The van der Waals surface area contributed by atoms with Gasteiger partial charge in [0, 0.05) is 32.4 Å². The van der Waals surface area contributed by atoms with Crippen LogP contribution in [0.15, 0.2) is 18.3 Å². The molecule has 1 aliphatic rings. The van der Waals surface area contributed by atoms with Crippen LogP contribution in [0, 0.1) is 0 Å². The van der Waals surface area contributed by atoms with Crippen molar-refractivity contribution in [3.63, 3.8) is 0 Å². The largest absolute Gasteiger partial charge is 0.378 e. The van der Waals surface area contributed by atoms with E-state index >= 15 is 0 Å². The molecule has 0 atom stereocenters. The molecule has 0 bridgehead atoms. The normalized spacial score (nSPS) is 15.2. The number of hydrogen-bond acceptors (Lipinski definition) is 5. The number of amides is 1. The monoisotopic (exact) mass is 278 g/mol. The molecule has 0 unspecified atom stereocenters. The molecule has 110 valence electrons. The highest BCUT2D eigenvalue weighted by Gasteiger charge is 2.19. The van der Waals surface area contributed by atoms with Gasteiger partial charge in [0.2, 0.25) is 0 Å². The molecule has 2 rings (SSSR count). The van der Waals surface area contributed by atoms with E-state index in [-0.39, 0.29) is 5.91 Å². The predicted molar refractivity (Wildman–Crippen MR) is 78.1 cm³/mol. The Morgan fingerprint density at radius 3 is 2.95 bits per heavy atom. The maximum atomic E-state index is 12.2. The summed E-state index contributed by atoms with van der Waals surface area (Å²) >= 11 is 0. The molecule has 1 aromatic heterocycles. The number of carbonyl (C=O) groups is 1. The molecule has 1 aliphatic heterocycles. The number of aromatic nitrogens is 1. The van der Waals surface area contributed by atoms with Gasteiger partial charge in [0.05, 0.1) is 18.8 Å². The minimum absolute atomic E-state index is 0.0718. The van der Waals surface area contributed by atoms with Crippen LogP contribution < -0.4 is 15.5 Å². The topological polar surface area (TPSA) is 66.5 Å². The lowest BCUT2D eigenvalue weighted by molar-refractivity contribution is 0.0952. The summed E-state index contributed by atoms with van der Waals surface area (Å²) < 4.78 is 5.34. The summed E-state index contributed by atoms with van der Waals surface area (Å²) in [6, 6.07) is 3.61. The molecule has 2 heterocycles. The van der Waals surface area contributed by atoms with E-state index in [1.54, 1.807) is 12.3 Å². The van der Waals surface area contributed by atoms with E-state index in [9.17, 15) is 4.79 Å². The second kappa shape index (κ2) is 7.81. The Morgan fingerprint density at radius 1 is 1.40 bits per heavy atom. The highest BCUT2D eigenvalue weighted by atomic mass is 16.5. The van der Waals surface area contributed by atoms with Crippen molar-refractivity contribution < 1.29 is 9.53 Å². The number of anilines is 1. The first-order valence-electron chi connectivity index (χ1n) is 7.09. The number of hydrogen-bond donors (Lipinski definition) is 2. The Balaban J connectivity index is 2.01. The van der Waals surface area contributed by atoms with Gasteiger partial charge in [-0.1, -0.05) is 6.92 Å².